The van der Waals surface area contributed by atoms with E-state index in [1.165, 1.54) is 62.0 Å². The molecule has 0 radical (unpaired) electrons. The normalized spacial score (nSPS) is 17.6. The van der Waals surface area contributed by atoms with Gasteiger partial charge in [0.15, 0.2) is 0 Å². The maximum absolute atomic E-state index is 4.06. The molecule has 1 heterocycles. The van der Waals surface area contributed by atoms with Crippen LogP contribution in [0.3, 0.4) is 0 Å². The average molecular weight is 257 g/mol. The molecular weight excluding hydrogens is 230 g/mol. The molecule has 104 valence electrons. The maximum Gasteiger partial charge on any atom is 0.00503 e. The van der Waals surface area contributed by atoms with E-state index in [0.717, 1.165) is 0 Å². The number of benzene rings is 1. The lowest BCUT2D eigenvalue weighted by atomic mass is 9.91. The minimum Gasteiger partial charge on any atom is -0.303 e. The highest BCUT2D eigenvalue weighted by Crippen LogP contribution is 2.26. The van der Waals surface area contributed by atoms with Crippen molar-refractivity contribution < 1.29 is 0 Å². The van der Waals surface area contributed by atoms with Gasteiger partial charge in [-0.25, -0.2) is 0 Å². The van der Waals surface area contributed by atoms with Crippen LogP contribution in [0.1, 0.15) is 56.6 Å². The van der Waals surface area contributed by atoms with Crippen molar-refractivity contribution in [3.8, 4) is 0 Å². The Kier molecular flexibility index (Phi) is 5.21. The molecule has 1 atom stereocenters. The highest BCUT2D eigenvalue weighted by Gasteiger charge is 2.18. The summed E-state index contributed by atoms with van der Waals surface area (Å²) >= 11 is 0. The minimum atomic E-state index is 0.683. The molecule has 0 saturated carbocycles. The number of hydrogen-bond acceptors (Lipinski definition) is 1. The summed E-state index contributed by atoms with van der Waals surface area (Å²) in [6.07, 6.45) is 5.31. The first-order valence-corrected chi connectivity index (χ1v) is 7.69. The Bertz CT molecular complexity index is 415. The van der Waals surface area contributed by atoms with E-state index in [2.05, 4.69) is 49.6 Å². The van der Waals surface area contributed by atoms with E-state index in [1.807, 2.05) is 0 Å². The van der Waals surface area contributed by atoms with Crippen LogP contribution in [-0.2, 0) is 0 Å². The number of allylic oxidation sites excluding steroid dienone is 1. The van der Waals surface area contributed by atoms with Gasteiger partial charge in [0.1, 0.15) is 0 Å². The van der Waals surface area contributed by atoms with Gasteiger partial charge >= 0.3 is 0 Å². The Balaban J connectivity index is 2.12. The van der Waals surface area contributed by atoms with Gasteiger partial charge in [0.05, 0.1) is 0 Å². The fraction of sp³-hybridized carbons (Fsp3) is 0.556. The zero-order valence-electron chi connectivity index (χ0n) is 12.5. The van der Waals surface area contributed by atoms with E-state index in [-0.39, 0.29) is 0 Å². The van der Waals surface area contributed by atoms with Crippen molar-refractivity contribution in [3.63, 3.8) is 0 Å². The molecule has 1 fully saturated rings. The summed E-state index contributed by atoms with van der Waals surface area (Å²) in [4.78, 5) is 2.63. The summed E-state index contributed by atoms with van der Waals surface area (Å²) in [5.74, 6) is 0.683. The van der Waals surface area contributed by atoms with E-state index >= 15 is 0 Å². The highest BCUT2D eigenvalue weighted by atomic mass is 15.1. The molecule has 1 aliphatic rings. The van der Waals surface area contributed by atoms with Crippen LogP contribution in [0.4, 0.5) is 0 Å². The number of likely N-dealkylation sites (tertiary alicyclic amines) is 1. The summed E-state index contributed by atoms with van der Waals surface area (Å²) in [6, 6.07) is 9.00. The largest absolute Gasteiger partial charge is 0.303 e. The van der Waals surface area contributed by atoms with Crippen LogP contribution in [0.5, 0.6) is 0 Å². The quantitative estimate of drug-likeness (QED) is 0.714. The van der Waals surface area contributed by atoms with Gasteiger partial charge in [-0.3, -0.25) is 0 Å². The third-order valence-corrected chi connectivity index (χ3v) is 4.17. The van der Waals surface area contributed by atoms with Crippen LogP contribution in [-0.4, -0.2) is 24.5 Å². The van der Waals surface area contributed by atoms with E-state index < -0.39 is 0 Å². The minimum absolute atomic E-state index is 0.683. The van der Waals surface area contributed by atoms with Gasteiger partial charge in [-0.1, -0.05) is 49.8 Å². The molecule has 1 heteroatoms. The molecule has 2 rings (SSSR count). The zero-order chi connectivity index (χ0) is 13.7. The van der Waals surface area contributed by atoms with Crippen LogP contribution < -0.4 is 0 Å². The molecule has 1 unspecified atom stereocenters. The van der Waals surface area contributed by atoms with E-state index in [9.17, 15) is 0 Å². The molecule has 0 aromatic heterocycles. The Hall–Kier alpha value is -1.08. The van der Waals surface area contributed by atoms with Crippen molar-refractivity contribution in [3.05, 3.63) is 42.0 Å². The molecule has 19 heavy (non-hydrogen) atoms. The zero-order valence-corrected chi connectivity index (χ0v) is 12.5. The van der Waals surface area contributed by atoms with Gasteiger partial charge in [-0.05, 0) is 56.3 Å². The summed E-state index contributed by atoms with van der Waals surface area (Å²) in [6.45, 7) is 12.3. The Morgan fingerprint density at radius 3 is 2.68 bits per heavy atom. The predicted octanol–water partition coefficient (Wildman–Crippen LogP) is 4.70. The first-order valence-electron chi connectivity index (χ1n) is 7.69. The molecule has 0 N–H and O–H groups in total. The van der Waals surface area contributed by atoms with Crippen molar-refractivity contribution in [2.75, 3.05) is 19.6 Å². The Labute approximate surface area is 118 Å². The fourth-order valence-electron chi connectivity index (χ4n) is 3.05. The van der Waals surface area contributed by atoms with Gasteiger partial charge in [0, 0.05) is 6.54 Å². The van der Waals surface area contributed by atoms with Crippen molar-refractivity contribution in [2.24, 2.45) is 0 Å². The summed E-state index contributed by atoms with van der Waals surface area (Å²) in [7, 11) is 0. The second kappa shape index (κ2) is 6.91. The monoisotopic (exact) mass is 257 g/mol. The Morgan fingerprint density at radius 2 is 2.05 bits per heavy atom. The van der Waals surface area contributed by atoms with Crippen molar-refractivity contribution in [1.29, 1.82) is 0 Å². The molecule has 1 saturated heterocycles. The van der Waals surface area contributed by atoms with Gasteiger partial charge in [-0.2, -0.15) is 0 Å². The summed E-state index contributed by atoms with van der Waals surface area (Å²) in [5, 5.41) is 0. The predicted molar refractivity (Wildman–Crippen MR) is 84.5 cm³/mol. The number of hydrogen-bond donors (Lipinski definition) is 0. The first-order chi connectivity index (χ1) is 9.20. The van der Waals surface area contributed by atoms with Gasteiger partial charge in [0.2, 0.25) is 0 Å². The molecule has 1 nitrogen and oxygen atoms in total. The van der Waals surface area contributed by atoms with Crippen molar-refractivity contribution in [2.45, 2.75) is 45.4 Å². The second-order valence-electron chi connectivity index (χ2n) is 5.90. The fourth-order valence-corrected chi connectivity index (χ4v) is 3.05. The SMILES string of the molecule is C=C(C)c1cccc(C(CCC)CN2CCCC2)c1. The smallest absolute Gasteiger partial charge is 0.00503 e. The second-order valence-corrected chi connectivity index (χ2v) is 5.90. The third-order valence-electron chi connectivity index (χ3n) is 4.17. The van der Waals surface area contributed by atoms with Crippen LogP contribution in [0.15, 0.2) is 30.8 Å². The van der Waals surface area contributed by atoms with E-state index in [4.69, 9.17) is 0 Å². The van der Waals surface area contributed by atoms with Gasteiger partial charge in [0.25, 0.3) is 0 Å². The van der Waals surface area contributed by atoms with Gasteiger partial charge < -0.3 is 4.90 Å². The lowest BCUT2D eigenvalue weighted by molar-refractivity contribution is 0.306. The van der Waals surface area contributed by atoms with Crippen LogP contribution in [0.2, 0.25) is 0 Å². The van der Waals surface area contributed by atoms with Crippen molar-refractivity contribution in [1.82, 2.24) is 4.90 Å². The van der Waals surface area contributed by atoms with E-state index in [1.54, 1.807) is 0 Å². The molecule has 1 aromatic rings. The molecule has 0 aliphatic carbocycles. The lowest BCUT2D eigenvalue weighted by Gasteiger charge is -2.24. The molecule has 1 aliphatic heterocycles. The Morgan fingerprint density at radius 1 is 1.32 bits per heavy atom. The maximum atomic E-state index is 4.06. The van der Waals surface area contributed by atoms with Crippen LogP contribution in [0.25, 0.3) is 5.57 Å². The third kappa shape index (κ3) is 3.94. The molecule has 0 amide bonds. The van der Waals surface area contributed by atoms with Crippen LogP contribution >= 0.6 is 0 Å². The standard InChI is InChI=1S/C18H27N/c1-4-8-18(14-19-11-5-6-12-19)17-10-7-9-16(13-17)15(2)3/h7,9-10,13,18H,2,4-6,8,11-12,14H2,1,3H3. The van der Waals surface area contributed by atoms with Crippen LogP contribution in [0, 0.1) is 0 Å². The topological polar surface area (TPSA) is 3.24 Å². The molecule has 0 spiro atoms. The molecule has 0 bridgehead atoms. The van der Waals surface area contributed by atoms with Crippen molar-refractivity contribution >= 4 is 5.57 Å². The molecule has 1 aromatic carbocycles. The number of nitrogens with zero attached hydrogens (tertiary/aromatic N) is 1. The van der Waals surface area contributed by atoms with E-state index in [0.29, 0.717) is 5.92 Å². The summed E-state index contributed by atoms with van der Waals surface area (Å²) < 4.78 is 0. The number of rotatable bonds is 6. The van der Waals surface area contributed by atoms with Gasteiger partial charge in [-0.15, -0.1) is 0 Å². The lowest BCUT2D eigenvalue weighted by Crippen LogP contribution is -2.25. The molecular formula is C18H27N. The first kappa shape index (κ1) is 14.3. The summed E-state index contributed by atoms with van der Waals surface area (Å²) in [5.41, 5.74) is 3.95. The average Bonchev–Trinajstić information content (AvgIpc) is 2.91. The highest BCUT2D eigenvalue weighted by molar-refractivity contribution is 5.61.